The van der Waals surface area contributed by atoms with E-state index < -0.39 is 0 Å². The van der Waals surface area contributed by atoms with E-state index in [4.69, 9.17) is 0 Å². The van der Waals surface area contributed by atoms with Gasteiger partial charge in [-0.05, 0) is 124 Å². The fourth-order valence-corrected chi connectivity index (χ4v) is 9.71. The Hall–Kier alpha value is -7.74. The fraction of sp³-hybridized carbons (Fsp3) is 0. The molecule has 0 amide bonds. The van der Waals surface area contributed by atoms with E-state index in [1.807, 2.05) is 0 Å². The number of benzene rings is 11. The van der Waals surface area contributed by atoms with E-state index in [-0.39, 0.29) is 0 Å². The number of nitrogens with zero attached hydrogens (tertiary/aromatic N) is 1. The molecular weight excluding hydrogens is 711 g/mol. The summed E-state index contributed by atoms with van der Waals surface area (Å²) in [5.41, 5.74) is 13.5. The smallest absolute Gasteiger partial charge is 0.0547 e. The van der Waals surface area contributed by atoms with Gasteiger partial charge in [-0.3, -0.25) is 0 Å². The normalized spacial score (nSPS) is 11.7. The lowest BCUT2D eigenvalue weighted by molar-refractivity contribution is 1.18. The van der Waals surface area contributed by atoms with Crippen LogP contribution in [0.3, 0.4) is 0 Å². The molecular formula is C58H37N. The van der Waals surface area contributed by atoms with Gasteiger partial charge >= 0.3 is 0 Å². The molecule has 59 heavy (non-hydrogen) atoms. The molecule has 1 aromatic heterocycles. The molecule has 0 aliphatic rings. The largest absolute Gasteiger partial charge is 0.309 e. The van der Waals surface area contributed by atoms with Crippen molar-refractivity contribution in [1.82, 2.24) is 4.57 Å². The Morgan fingerprint density at radius 2 is 0.661 bits per heavy atom. The van der Waals surface area contributed by atoms with Crippen molar-refractivity contribution in [3.8, 4) is 50.2 Å². The zero-order chi connectivity index (χ0) is 38.9. The number of hydrogen-bond acceptors (Lipinski definition) is 0. The molecule has 0 spiro atoms. The Balaban J connectivity index is 1.04. The third-order valence-electron chi connectivity index (χ3n) is 12.3. The van der Waals surface area contributed by atoms with Crippen LogP contribution in [0.4, 0.5) is 0 Å². The highest BCUT2D eigenvalue weighted by atomic mass is 15.0. The summed E-state index contributed by atoms with van der Waals surface area (Å²) >= 11 is 0. The first kappa shape index (κ1) is 33.4. The second-order valence-corrected chi connectivity index (χ2v) is 15.6. The first-order valence-electron chi connectivity index (χ1n) is 20.4. The summed E-state index contributed by atoms with van der Waals surface area (Å²) in [6.07, 6.45) is 0. The summed E-state index contributed by atoms with van der Waals surface area (Å²) < 4.78 is 2.46. The molecule has 11 aromatic carbocycles. The predicted molar refractivity (Wildman–Crippen MR) is 253 cm³/mol. The molecule has 0 saturated heterocycles. The molecule has 0 N–H and O–H groups in total. The summed E-state index contributed by atoms with van der Waals surface area (Å²) in [6, 6.07) is 82.4. The Labute approximate surface area is 342 Å². The molecule has 0 aliphatic heterocycles. The molecule has 0 radical (unpaired) electrons. The average Bonchev–Trinajstić information content (AvgIpc) is 3.66. The summed E-state index contributed by atoms with van der Waals surface area (Å²) in [5.74, 6) is 0. The third kappa shape index (κ3) is 5.33. The first-order valence-corrected chi connectivity index (χ1v) is 20.4. The van der Waals surface area contributed by atoms with Gasteiger partial charge in [0.25, 0.3) is 0 Å². The summed E-state index contributed by atoms with van der Waals surface area (Å²) in [7, 11) is 0. The molecule has 1 heteroatoms. The highest BCUT2D eigenvalue weighted by Crippen LogP contribution is 2.45. The predicted octanol–water partition coefficient (Wildman–Crippen LogP) is 16.1. The van der Waals surface area contributed by atoms with Crippen molar-refractivity contribution in [2.75, 3.05) is 0 Å². The van der Waals surface area contributed by atoms with Gasteiger partial charge in [0.1, 0.15) is 0 Å². The lowest BCUT2D eigenvalue weighted by Crippen LogP contribution is -1.95. The van der Waals surface area contributed by atoms with E-state index in [0.717, 1.165) is 5.69 Å². The van der Waals surface area contributed by atoms with Crippen LogP contribution in [0.2, 0.25) is 0 Å². The van der Waals surface area contributed by atoms with Gasteiger partial charge in [-0.15, -0.1) is 0 Å². The SMILES string of the molecule is c1ccc(-c2cccc(-c3ccc4c(ccc5c4c4c6ccccc6ccc4n5-c4ccc(-c5c6ccccc6c(-c6ccccc6)c6ccccc56)cc4)c3)c2)cc1. The standard InChI is InChI=1S/C58H37N/c1-3-14-38(15-4-1)42-19-13-20-43(36-42)44-28-33-48-45(37-44)30-35-54-58(48)57-47-21-8-7-16-39(47)29-34-53(57)59(54)46-31-26-41(27-32-46)56-51-24-11-9-22-49(51)55(40-17-5-2-6-18-40)50-23-10-12-25-52(50)56/h1-37H. The van der Waals surface area contributed by atoms with Crippen LogP contribution in [0.25, 0.3) is 115 Å². The van der Waals surface area contributed by atoms with Gasteiger partial charge < -0.3 is 4.57 Å². The van der Waals surface area contributed by atoms with E-state index >= 15 is 0 Å². The second-order valence-electron chi connectivity index (χ2n) is 15.6. The first-order chi connectivity index (χ1) is 29.3. The minimum Gasteiger partial charge on any atom is -0.309 e. The lowest BCUT2D eigenvalue weighted by Gasteiger charge is -2.18. The quantitative estimate of drug-likeness (QED) is 0.155. The molecule has 0 unspecified atom stereocenters. The topological polar surface area (TPSA) is 4.93 Å². The Bertz CT molecular complexity index is 3520. The van der Waals surface area contributed by atoms with Crippen LogP contribution in [0.1, 0.15) is 0 Å². The highest BCUT2D eigenvalue weighted by molar-refractivity contribution is 6.29. The fourth-order valence-electron chi connectivity index (χ4n) is 9.71. The van der Waals surface area contributed by atoms with E-state index in [9.17, 15) is 0 Å². The minimum absolute atomic E-state index is 1.15. The van der Waals surface area contributed by atoms with Crippen molar-refractivity contribution in [3.63, 3.8) is 0 Å². The molecule has 0 fully saturated rings. The Kier molecular flexibility index (Phi) is 7.61. The Morgan fingerprint density at radius 3 is 1.27 bits per heavy atom. The van der Waals surface area contributed by atoms with Gasteiger partial charge in [0.2, 0.25) is 0 Å². The molecule has 1 heterocycles. The van der Waals surface area contributed by atoms with E-state index in [2.05, 4.69) is 229 Å². The van der Waals surface area contributed by atoms with Crippen molar-refractivity contribution in [2.24, 2.45) is 0 Å². The maximum Gasteiger partial charge on any atom is 0.0547 e. The average molecular weight is 748 g/mol. The zero-order valence-corrected chi connectivity index (χ0v) is 32.3. The number of aromatic nitrogens is 1. The molecule has 274 valence electrons. The number of fused-ring (bicyclic) bond motifs is 9. The molecule has 1 nitrogen and oxygen atoms in total. The van der Waals surface area contributed by atoms with Gasteiger partial charge in [-0.1, -0.05) is 188 Å². The van der Waals surface area contributed by atoms with Gasteiger partial charge in [0.05, 0.1) is 11.0 Å². The highest BCUT2D eigenvalue weighted by Gasteiger charge is 2.20. The van der Waals surface area contributed by atoms with Gasteiger partial charge in [-0.2, -0.15) is 0 Å². The molecule has 0 atom stereocenters. The summed E-state index contributed by atoms with van der Waals surface area (Å²) in [6.45, 7) is 0. The zero-order valence-electron chi connectivity index (χ0n) is 32.3. The van der Waals surface area contributed by atoms with Gasteiger partial charge in [0.15, 0.2) is 0 Å². The Morgan fingerprint density at radius 1 is 0.237 bits per heavy atom. The molecule has 0 saturated carbocycles. The molecule has 0 bridgehead atoms. The maximum atomic E-state index is 2.46. The number of rotatable bonds is 5. The van der Waals surface area contributed by atoms with Crippen molar-refractivity contribution in [3.05, 3.63) is 224 Å². The van der Waals surface area contributed by atoms with Crippen LogP contribution < -0.4 is 0 Å². The second kappa shape index (κ2) is 13.4. The van der Waals surface area contributed by atoms with Gasteiger partial charge in [-0.25, -0.2) is 0 Å². The molecule has 12 rings (SSSR count). The van der Waals surface area contributed by atoms with Crippen LogP contribution in [-0.2, 0) is 0 Å². The maximum absolute atomic E-state index is 2.46. The van der Waals surface area contributed by atoms with E-state index in [1.54, 1.807) is 0 Å². The number of hydrogen-bond donors (Lipinski definition) is 0. The van der Waals surface area contributed by atoms with Crippen LogP contribution in [-0.4, -0.2) is 4.57 Å². The lowest BCUT2D eigenvalue weighted by atomic mass is 9.86. The minimum atomic E-state index is 1.15. The van der Waals surface area contributed by atoms with Crippen molar-refractivity contribution < 1.29 is 0 Å². The van der Waals surface area contributed by atoms with Crippen LogP contribution >= 0.6 is 0 Å². The van der Waals surface area contributed by atoms with Crippen LogP contribution in [0.15, 0.2) is 224 Å². The summed E-state index contributed by atoms with van der Waals surface area (Å²) in [5, 5.41) is 12.7. The summed E-state index contributed by atoms with van der Waals surface area (Å²) in [4.78, 5) is 0. The third-order valence-corrected chi connectivity index (χ3v) is 12.3. The molecule has 0 aliphatic carbocycles. The van der Waals surface area contributed by atoms with E-state index in [1.165, 1.54) is 109 Å². The molecule has 12 aromatic rings. The van der Waals surface area contributed by atoms with Crippen molar-refractivity contribution in [1.29, 1.82) is 0 Å². The van der Waals surface area contributed by atoms with E-state index in [0.29, 0.717) is 0 Å². The van der Waals surface area contributed by atoms with Crippen molar-refractivity contribution in [2.45, 2.75) is 0 Å². The van der Waals surface area contributed by atoms with Gasteiger partial charge in [0, 0.05) is 16.5 Å². The van der Waals surface area contributed by atoms with Crippen molar-refractivity contribution >= 4 is 64.9 Å². The monoisotopic (exact) mass is 747 g/mol. The van der Waals surface area contributed by atoms with Crippen LogP contribution in [0.5, 0.6) is 0 Å². The van der Waals surface area contributed by atoms with Crippen LogP contribution in [0, 0.1) is 0 Å².